The molecule has 4 unspecified atom stereocenters. The summed E-state index contributed by atoms with van der Waals surface area (Å²) in [7, 11) is 0. The van der Waals surface area contributed by atoms with E-state index in [1.165, 1.54) is 0 Å². The van der Waals surface area contributed by atoms with E-state index in [1.807, 2.05) is 4.90 Å². The van der Waals surface area contributed by atoms with Crippen molar-refractivity contribution in [3.8, 4) is 5.75 Å². The molecular formula is C19H22N2O5. The van der Waals surface area contributed by atoms with Gasteiger partial charge in [0.2, 0.25) is 0 Å². The highest BCUT2D eigenvalue weighted by molar-refractivity contribution is 6.04. The van der Waals surface area contributed by atoms with E-state index in [1.54, 1.807) is 25.1 Å². The van der Waals surface area contributed by atoms with Crippen LogP contribution in [-0.4, -0.2) is 46.5 Å². The number of benzene rings is 1. The molecule has 1 saturated heterocycles. The number of ether oxygens (including phenoxy) is 1. The molecule has 0 radical (unpaired) electrons. The number of anilines is 1. The number of carbonyl (C=O) groups is 3. The van der Waals surface area contributed by atoms with Gasteiger partial charge in [0, 0.05) is 12.6 Å². The molecule has 1 aliphatic carbocycles. The van der Waals surface area contributed by atoms with Gasteiger partial charge in [0.25, 0.3) is 11.8 Å². The summed E-state index contributed by atoms with van der Waals surface area (Å²) in [5, 5.41) is 12.2. The monoisotopic (exact) mass is 358 g/mol. The molecule has 2 fully saturated rings. The van der Waals surface area contributed by atoms with Gasteiger partial charge in [-0.05, 0) is 44.2 Å². The van der Waals surface area contributed by atoms with Crippen LogP contribution in [-0.2, 0) is 9.59 Å². The first kappa shape index (κ1) is 16.9. The van der Waals surface area contributed by atoms with Gasteiger partial charge < -0.3 is 20.1 Å². The highest BCUT2D eigenvalue weighted by atomic mass is 16.5. The molecule has 3 aliphatic rings. The van der Waals surface area contributed by atoms with Crippen molar-refractivity contribution in [1.29, 1.82) is 0 Å². The normalized spacial score (nSPS) is 30.0. The summed E-state index contributed by atoms with van der Waals surface area (Å²) in [5.41, 5.74) is 0.927. The van der Waals surface area contributed by atoms with Gasteiger partial charge in [0.1, 0.15) is 0 Å². The number of aliphatic carboxylic acids is 1. The van der Waals surface area contributed by atoms with Crippen LogP contribution in [0, 0.1) is 11.8 Å². The minimum atomic E-state index is -0.758. The molecule has 1 aromatic rings. The highest BCUT2D eigenvalue weighted by Crippen LogP contribution is 2.42. The Balaban J connectivity index is 1.64. The number of piperidine rings is 1. The summed E-state index contributed by atoms with van der Waals surface area (Å²) in [6.07, 6.45) is 2.45. The fourth-order valence-corrected chi connectivity index (χ4v) is 4.59. The van der Waals surface area contributed by atoms with Crippen LogP contribution in [0.1, 0.15) is 43.0 Å². The molecule has 7 heteroatoms. The molecule has 4 rings (SSSR count). The molecule has 2 heterocycles. The largest absolute Gasteiger partial charge is 0.481 e. The Kier molecular flexibility index (Phi) is 4.09. The third-order valence-electron chi connectivity index (χ3n) is 5.87. The third-order valence-corrected chi connectivity index (χ3v) is 5.87. The van der Waals surface area contributed by atoms with Gasteiger partial charge in [0.15, 0.2) is 11.9 Å². The maximum Gasteiger partial charge on any atom is 0.306 e. The van der Waals surface area contributed by atoms with Crippen molar-refractivity contribution in [2.45, 2.75) is 44.8 Å². The van der Waals surface area contributed by atoms with Gasteiger partial charge in [0.05, 0.1) is 17.2 Å². The molecule has 7 nitrogen and oxygen atoms in total. The van der Waals surface area contributed by atoms with E-state index in [0.717, 1.165) is 19.3 Å². The minimum absolute atomic E-state index is 0.0179. The smallest absolute Gasteiger partial charge is 0.306 e. The third kappa shape index (κ3) is 2.62. The molecule has 2 aliphatic heterocycles. The second kappa shape index (κ2) is 6.30. The average molecular weight is 358 g/mol. The van der Waals surface area contributed by atoms with Crippen molar-refractivity contribution < 1.29 is 24.2 Å². The Hall–Kier alpha value is -2.57. The summed E-state index contributed by atoms with van der Waals surface area (Å²) in [4.78, 5) is 38.4. The number of nitrogens with zero attached hydrogens (tertiary/aromatic N) is 1. The Morgan fingerprint density at radius 2 is 2.08 bits per heavy atom. The standard InChI is InChI=1S/C19H22N2O5/c1-10-17(22)20-14-6-2-5-13(16(14)26-10)18(23)21-9-8-12(19(24)25)11-4-3-7-15(11)21/h2,5-6,10-12,15H,3-4,7-9H2,1H3,(H,20,22)(H,24,25). The van der Waals surface area contributed by atoms with Crippen LogP contribution in [0.5, 0.6) is 5.75 Å². The quantitative estimate of drug-likeness (QED) is 0.844. The van der Waals surface area contributed by atoms with Crippen LogP contribution in [0.15, 0.2) is 18.2 Å². The topological polar surface area (TPSA) is 95.9 Å². The van der Waals surface area contributed by atoms with Gasteiger partial charge in [-0.3, -0.25) is 14.4 Å². The molecule has 1 aromatic carbocycles. The number of carboxylic acid groups (broad SMARTS) is 1. The molecule has 2 N–H and O–H groups in total. The van der Waals surface area contributed by atoms with E-state index < -0.39 is 12.1 Å². The fraction of sp³-hybridized carbons (Fsp3) is 0.526. The number of hydrogen-bond donors (Lipinski definition) is 2. The second-order valence-electron chi connectivity index (χ2n) is 7.33. The summed E-state index contributed by atoms with van der Waals surface area (Å²) >= 11 is 0. The van der Waals surface area contributed by atoms with Gasteiger partial charge in [-0.2, -0.15) is 0 Å². The lowest BCUT2D eigenvalue weighted by Gasteiger charge is -2.41. The first-order valence-electron chi connectivity index (χ1n) is 9.11. The zero-order valence-corrected chi connectivity index (χ0v) is 14.6. The van der Waals surface area contributed by atoms with E-state index in [2.05, 4.69) is 5.32 Å². The Labute approximate surface area is 151 Å². The summed E-state index contributed by atoms with van der Waals surface area (Å²) in [6, 6.07) is 5.11. The number of likely N-dealkylation sites (tertiary alicyclic amines) is 1. The molecule has 0 spiro atoms. The zero-order valence-electron chi connectivity index (χ0n) is 14.6. The first-order valence-corrected chi connectivity index (χ1v) is 9.11. The molecule has 2 amide bonds. The van der Waals surface area contributed by atoms with Gasteiger partial charge >= 0.3 is 5.97 Å². The maximum atomic E-state index is 13.3. The van der Waals surface area contributed by atoms with Crippen molar-refractivity contribution in [3.05, 3.63) is 23.8 Å². The Bertz CT molecular complexity index is 777. The highest BCUT2D eigenvalue weighted by Gasteiger charge is 2.46. The van der Waals surface area contributed by atoms with Crippen LogP contribution in [0.4, 0.5) is 5.69 Å². The summed E-state index contributed by atoms with van der Waals surface area (Å²) < 4.78 is 5.70. The van der Waals surface area contributed by atoms with Gasteiger partial charge in [-0.1, -0.05) is 12.5 Å². The number of para-hydroxylation sites is 1. The van der Waals surface area contributed by atoms with Crippen molar-refractivity contribution in [1.82, 2.24) is 4.90 Å². The minimum Gasteiger partial charge on any atom is -0.481 e. The van der Waals surface area contributed by atoms with E-state index in [9.17, 15) is 19.5 Å². The van der Waals surface area contributed by atoms with Crippen LogP contribution < -0.4 is 10.1 Å². The van der Waals surface area contributed by atoms with E-state index in [-0.39, 0.29) is 29.7 Å². The van der Waals surface area contributed by atoms with Crippen LogP contribution in [0.3, 0.4) is 0 Å². The number of carboxylic acids is 1. The zero-order chi connectivity index (χ0) is 18.4. The lowest BCUT2D eigenvalue weighted by atomic mass is 9.81. The average Bonchev–Trinajstić information content (AvgIpc) is 3.10. The van der Waals surface area contributed by atoms with Gasteiger partial charge in [-0.15, -0.1) is 0 Å². The van der Waals surface area contributed by atoms with E-state index >= 15 is 0 Å². The number of carbonyl (C=O) groups excluding carboxylic acids is 2. The number of amides is 2. The molecule has 4 atom stereocenters. The van der Waals surface area contributed by atoms with Crippen LogP contribution in [0.2, 0.25) is 0 Å². The molecule has 138 valence electrons. The number of nitrogens with one attached hydrogen (secondary N) is 1. The maximum absolute atomic E-state index is 13.3. The lowest BCUT2D eigenvalue weighted by Crippen LogP contribution is -2.51. The van der Waals surface area contributed by atoms with Crippen LogP contribution in [0.25, 0.3) is 0 Å². The molecule has 0 bridgehead atoms. The summed E-state index contributed by atoms with van der Waals surface area (Å²) in [6.45, 7) is 2.08. The number of fused-ring (bicyclic) bond motifs is 2. The predicted molar refractivity (Wildman–Crippen MR) is 93.1 cm³/mol. The van der Waals surface area contributed by atoms with Crippen molar-refractivity contribution in [3.63, 3.8) is 0 Å². The van der Waals surface area contributed by atoms with Crippen molar-refractivity contribution in [2.24, 2.45) is 11.8 Å². The first-order chi connectivity index (χ1) is 12.5. The van der Waals surface area contributed by atoms with E-state index in [0.29, 0.717) is 30.0 Å². The second-order valence-corrected chi connectivity index (χ2v) is 7.33. The van der Waals surface area contributed by atoms with Crippen molar-refractivity contribution in [2.75, 3.05) is 11.9 Å². The predicted octanol–water partition coefficient (Wildman–Crippen LogP) is 2.12. The van der Waals surface area contributed by atoms with Gasteiger partial charge in [-0.25, -0.2) is 0 Å². The summed E-state index contributed by atoms with van der Waals surface area (Å²) in [5.74, 6) is -1.09. The molecule has 1 saturated carbocycles. The van der Waals surface area contributed by atoms with E-state index in [4.69, 9.17) is 4.74 Å². The Morgan fingerprint density at radius 1 is 1.27 bits per heavy atom. The molecular weight excluding hydrogens is 336 g/mol. The fourth-order valence-electron chi connectivity index (χ4n) is 4.59. The Morgan fingerprint density at radius 3 is 2.85 bits per heavy atom. The van der Waals surface area contributed by atoms with Crippen LogP contribution >= 0.6 is 0 Å². The molecule has 26 heavy (non-hydrogen) atoms. The molecule has 0 aromatic heterocycles. The number of hydrogen-bond acceptors (Lipinski definition) is 4. The number of rotatable bonds is 2. The lowest BCUT2D eigenvalue weighted by molar-refractivity contribution is -0.146. The van der Waals surface area contributed by atoms with Crippen molar-refractivity contribution >= 4 is 23.5 Å². The SMILES string of the molecule is CC1Oc2c(cccc2C(=O)N2CCC(C(=O)O)C3CCCC32)NC1=O.